The second-order valence-electron chi connectivity index (χ2n) is 5.14. The molecule has 0 radical (unpaired) electrons. The van der Waals surface area contributed by atoms with Crippen molar-refractivity contribution in [1.82, 2.24) is 0 Å². The van der Waals surface area contributed by atoms with E-state index in [1.54, 1.807) is 0 Å². The van der Waals surface area contributed by atoms with Gasteiger partial charge >= 0.3 is 0 Å². The first kappa shape index (κ1) is 12.3. The van der Waals surface area contributed by atoms with Gasteiger partial charge in [-0.05, 0) is 37.3 Å². The maximum absolute atomic E-state index is 3.80. The van der Waals surface area contributed by atoms with E-state index in [0.29, 0.717) is 10.2 Å². The van der Waals surface area contributed by atoms with E-state index in [9.17, 15) is 0 Å². The highest BCUT2D eigenvalue weighted by atomic mass is 79.9. The van der Waals surface area contributed by atoms with E-state index in [2.05, 4.69) is 56.6 Å². The Kier molecular flexibility index (Phi) is 3.81. The Balaban J connectivity index is 2.79. The Morgan fingerprint density at radius 1 is 1.36 bits per heavy atom. The molecule has 0 saturated heterocycles. The summed E-state index contributed by atoms with van der Waals surface area (Å²) in [6.45, 7) is 11.2. The molecule has 2 heteroatoms. The minimum Gasteiger partial charge on any atom is -0.144 e. The number of halogens is 1. The summed E-state index contributed by atoms with van der Waals surface area (Å²) in [5.74, 6) is 0. The van der Waals surface area contributed by atoms with E-state index in [4.69, 9.17) is 0 Å². The lowest BCUT2D eigenvalue weighted by Gasteiger charge is -2.21. The van der Waals surface area contributed by atoms with Crippen LogP contribution < -0.4 is 0 Å². The molecule has 0 aliphatic carbocycles. The largest absolute Gasteiger partial charge is 0.144 e. The molecule has 1 rings (SSSR count). The predicted octanol–water partition coefficient (Wildman–Crippen LogP) is 5.24. The van der Waals surface area contributed by atoms with Crippen molar-refractivity contribution in [2.45, 2.75) is 45.9 Å². The molecule has 0 aromatic carbocycles. The lowest BCUT2D eigenvalue weighted by molar-refractivity contribution is 0.378. The fourth-order valence-corrected chi connectivity index (χ4v) is 4.23. The summed E-state index contributed by atoms with van der Waals surface area (Å²) >= 11 is 5.71. The minimum absolute atomic E-state index is 0.387. The fraction of sp³-hybridized carbons (Fsp3) is 0.667. The highest BCUT2D eigenvalue weighted by Crippen LogP contribution is 2.40. The number of rotatable bonds is 2. The first-order valence-corrected chi connectivity index (χ1v) is 6.74. The molecule has 0 N–H and O–H groups in total. The Labute approximate surface area is 99.9 Å². The van der Waals surface area contributed by atoms with Gasteiger partial charge in [-0.1, -0.05) is 36.7 Å². The highest BCUT2D eigenvalue weighted by molar-refractivity contribution is 9.09. The number of aryl methyl sites for hydroxylation is 2. The third-order valence-electron chi connectivity index (χ3n) is 2.16. The zero-order chi connectivity index (χ0) is 10.9. The van der Waals surface area contributed by atoms with Crippen LogP contribution in [0.4, 0.5) is 0 Å². The van der Waals surface area contributed by atoms with Crippen LogP contribution in [0, 0.1) is 19.3 Å². The molecule has 80 valence electrons. The van der Waals surface area contributed by atoms with Crippen LogP contribution in [0.3, 0.4) is 0 Å². The SMILES string of the molecule is Cc1cc(C)c(C(Br)CC(C)(C)C)s1. The third-order valence-corrected chi connectivity index (χ3v) is 4.51. The predicted molar refractivity (Wildman–Crippen MR) is 69.5 cm³/mol. The van der Waals surface area contributed by atoms with Gasteiger partial charge in [0.05, 0.1) is 0 Å². The molecule has 0 bridgehead atoms. The van der Waals surface area contributed by atoms with Crippen LogP contribution in [-0.2, 0) is 0 Å². The highest BCUT2D eigenvalue weighted by Gasteiger charge is 2.20. The normalized spacial score (nSPS) is 14.4. The van der Waals surface area contributed by atoms with E-state index in [1.165, 1.54) is 21.7 Å². The van der Waals surface area contributed by atoms with Crippen LogP contribution in [0.1, 0.15) is 47.3 Å². The van der Waals surface area contributed by atoms with Crippen LogP contribution in [0.25, 0.3) is 0 Å². The maximum atomic E-state index is 3.80. The van der Waals surface area contributed by atoms with Crippen molar-refractivity contribution >= 4 is 27.3 Å². The van der Waals surface area contributed by atoms with Crippen molar-refractivity contribution in [3.8, 4) is 0 Å². The lowest BCUT2D eigenvalue weighted by atomic mass is 9.90. The zero-order valence-electron chi connectivity index (χ0n) is 9.65. The van der Waals surface area contributed by atoms with Gasteiger partial charge in [0.2, 0.25) is 0 Å². The summed E-state index contributed by atoms with van der Waals surface area (Å²) in [4.78, 5) is 3.43. The van der Waals surface area contributed by atoms with Crippen LogP contribution >= 0.6 is 27.3 Å². The van der Waals surface area contributed by atoms with Crippen molar-refractivity contribution in [3.63, 3.8) is 0 Å². The summed E-state index contributed by atoms with van der Waals surface area (Å²) in [7, 11) is 0. The molecule has 1 heterocycles. The summed E-state index contributed by atoms with van der Waals surface area (Å²) in [6, 6.07) is 2.27. The molecule has 0 aliphatic heterocycles. The molecular weight excluding hydrogens is 256 g/mol. The smallest absolute Gasteiger partial charge is 0.0496 e. The van der Waals surface area contributed by atoms with Gasteiger partial charge in [-0.25, -0.2) is 0 Å². The molecule has 14 heavy (non-hydrogen) atoms. The van der Waals surface area contributed by atoms with E-state index >= 15 is 0 Å². The average molecular weight is 275 g/mol. The molecule has 0 fully saturated rings. The van der Waals surface area contributed by atoms with Crippen molar-refractivity contribution in [3.05, 3.63) is 21.4 Å². The van der Waals surface area contributed by atoms with Crippen molar-refractivity contribution in [1.29, 1.82) is 0 Å². The van der Waals surface area contributed by atoms with E-state index in [1.807, 2.05) is 11.3 Å². The van der Waals surface area contributed by atoms with Crippen LogP contribution in [-0.4, -0.2) is 0 Å². The summed E-state index contributed by atoms with van der Waals surface area (Å²) in [5, 5.41) is 0. The first-order chi connectivity index (χ1) is 6.29. The maximum Gasteiger partial charge on any atom is 0.0496 e. The third kappa shape index (κ3) is 3.39. The second-order valence-corrected chi connectivity index (χ2v) is 7.53. The van der Waals surface area contributed by atoms with E-state index in [0.717, 1.165) is 0 Å². The Morgan fingerprint density at radius 3 is 2.29 bits per heavy atom. The van der Waals surface area contributed by atoms with Gasteiger partial charge in [-0.3, -0.25) is 0 Å². The molecule has 1 aromatic rings. The molecule has 0 nitrogen and oxygen atoms in total. The van der Waals surface area contributed by atoms with Gasteiger partial charge in [0, 0.05) is 14.6 Å². The minimum atomic E-state index is 0.387. The van der Waals surface area contributed by atoms with E-state index < -0.39 is 0 Å². The van der Waals surface area contributed by atoms with Gasteiger partial charge in [0.1, 0.15) is 0 Å². The molecule has 0 amide bonds. The topological polar surface area (TPSA) is 0 Å². The summed E-state index contributed by atoms with van der Waals surface area (Å²) < 4.78 is 0. The van der Waals surface area contributed by atoms with Crippen LogP contribution in [0.2, 0.25) is 0 Å². The molecule has 1 atom stereocenters. The molecule has 1 unspecified atom stereocenters. The second kappa shape index (κ2) is 4.36. The van der Waals surface area contributed by atoms with E-state index in [-0.39, 0.29) is 0 Å². The van der Waals surface area contributed by atoms with Gasteiger partial charge in [-0.2, -0.15) is 0 Å². The lowest BCUT2D eigenvalue weighted by Crippen LogP contribution is -2.08. The number of thiophene rings is 1. The van der Waals surface area contributed by atoms with Crippen molar-refractivity contribution < 1.29 is 0 Å². The molecule has 0 spiro atoms. The van der Waals surface area contributed by atoms with Crippen LogP contribution in [0.5, 0.6) is 0 Å². The standard InChI is InChI=1S/C12H19BrS/c1-8-6-9(2)14-11(8)10(13)7-12(3,4)5/h6,10H,7H2,1-5H3. The number of hydrogen-bond acceptors (Lipinski definition) is 1. The Hall–Kier alpha value is 0.180. The summed E-state index contributed by atoms with van der Waals surface area (Å²) in [6.07, 6.45) is 1.19. The zero-order valence-corrected chi connectivity index (χ0v) is 12.1. The molecule has 0 saturated carbocycles. The Morgan fingerprint density at radius 2 is 1.93 bits per heavy atom. The first-order valence-electron chi connectivity index (χ1n) is 5.00. The quantitative estimate of drug-likeness (QED) is 0.648. The average Bonchev–Trinajstić information content (AvgIpc) is 2.26. The van der Waals surface area contributed by atoms with Crippen LogP contribution in [0.15, 0.2) is 6.07 Å². The molecule has 0 aliphatic rings. The molecular formula is C12H19BrS. The molecule has 1 aromatic heterocycles. The van der Waals surface area contributed by atoms with Crippen molar-refractivity contribution in [2.24, 2.45) is 5.41 Å². The van der Waals surface area contributed by atoms with Gasteiger partial charge in [-0.15, -0.1) is 11.3 Å². The fourth-order valence-electron chi connectivity index (χ4n) is 1.60. The van der Waals surface area contributed by atoms with Crippen molar-refractivity contribution in [2.75, 3.05) is 0 Å². The summed E-state index contributed by atoms with van der Waals surface area (Å²) in [5.41, 5.74) is 1.82. The number of hydrogen-bond donors (Lipinski definition) is 0. The van der Waals surface area contributed by atoms with Gasteiger partial charge in [0.15, 0.2) is 0 Å². The van der Waals surface area contributed by atoms with Gasteiger partial charge < -0.3 is 0 Å². The number of alkyl halides is 1. The monoisotopic (exact) mass is 274 g/mol. The Bertz CT molecular complexity index is 307. The van der Waals surface area contributed by atoms with Gasteiger partial charge in [0.25, 0.3) is 0 Å².